The highest BCUT2D eigenvalue weighted by atomic mass is 32.2. The number of morpholine rings is 1. The van der Waals surface area contributed by atoms with Crippen LogP contribution in [0.1, 0.15) is 18.1 Å². The molecule has 2 aliphatic heterocycles. The molecule has 1 fully saturated rings. The number of carbonyl (C=O) groups excluding carboxylic acids is 1. The Labute approximate surface area is 176 Å². The van der Waals surface area contributed by atoms with Gasteiger partial charge < -0.3 is 15.0 Å². The molecule has 4 rings (SSSR count). The van der Waals surface area contributed by atoms with Gasteiger partial charge >= 0.3 is 0 Å². The van der Waals surface area contributed by atoms with E-state index in [9.17, 15) is 13.2 Å². The van der Waals surface area contributed by atoms with Crippen molar-refractivity contribution >= 4 is 33.1 Å². The van der Waals surface area contributed by atoms with Crippen LogP contribution in [0.15, 0.2) is 52.4 Å². The Morgan fingerprint density at radius 3 is 2.67 bits per heavy atom. The molecule has 1 saturated heterocycles. The minimum absolute atomic E-state index is 0.172. The van der Waals surface area contributed by atoms with Crippen molar-refractivity contribution in [3.8, 4) is 0 Å². The lowest BCUT2D eigenvalue weighted by molar-refractivity contribution is -0.117. The van der Waals surface area contributed by atoms with E-state index in [2.05, 4.69) is 19.9 Å². The molecule has 30 heavy (non-hydrogen) atoms. The molecule has 2 heterocycles. The third kappa shape index (κ3) is 4.03. The SMILES string of the molecule is Cc1cc(N2CCOCC2)ccc1NC(=O)[C@H](C)N=C1NS(=O)(=O)c2ccccc21. The summed E-state index contributed by atoms with van der Waals surface area (Å²) in [5.41, 5.74) is 3.22. The summed E-state index contributed by atoms with van der Waals surface area (Å²) in [7, 11) is -3.63. The number of hydrogen-bond acceptors (Lipinski definition) is 6. The predicted octanol–water partition coefficient (Wildman–Crippen LogP) is 1.90. The number of aryl methyl sites for hydroxylation is 1. The van der Waals surface area contributed by atoms with Gasteiger partial charge in [0.25, 0.3) is 10.0 Å². The normalized spacial score (nSPS) is 19.8. The number of ether oxygens (including phenoxy) is 1. The van der Waals surface area contributed by atoms with Crippen LogP contribution in [0.25, 0.3) is 0 Å². The lowest BCUT2D eigenvalue weighted by Crippen LogP contribution is -2.36. The first-order chi connectivity index (χ1) is 14.3. The first-order valence-corrected chi connectivity index (χ1v) is 11.3. The highest BCUT2D eigenvalue weighted by molar-refractivity contribution is 7.90. The standard InChI is InChI=1S/C21H24N4O4S/c1-14-13-16(25-9-11-29-12-10-25)7-8-18(14)23-21(26)15(2)22-20-17-5-3-4-6-19(17)30(27,28)24-20/h3-8,13,15H,9-12H2,1-2H3,(H,22,24)(H,23,26)/t15-/m0/s1. The van der Waals surface area contributed by atoms with Crippen LogP contribution in [0, 0.1) is 6.92 Å². The van der Waals surface area contributed by atoms with E-state index < -0.39 is 16.1 Å². The summed E-state index contributed by atoms with van der Waals surface area (Å²) in [6.07, 6.45) is 0. The summed E-state index contributed by atoms with van der Waals surface area (Å²) in [5, 5.41) is 2.89. The topological polar surface area (TPSA) is 100 Å². The summed E-state index contributed by atoms with van der Waals surface area (Å²) in [5.74, 6) is -0.124. The van der Waals surface area contributed by atoms with Crippen molar-refractivity contribution < 1.29 is 17.9 Å². The Kier molecular flexibility index (Phi) is 5.48. The van der Waals surface area contributed by atoms with Crippen LogP contribution in [0.5, 0.6) is 0 Å². The molecule has 0 aromatic heterocycles. The second-order valence-electron chi connectivity index (χ2n) is 7.34. The number of benzene rings is 2. The Morgan fingerprint density at radius 2 is 1.93 bits per heavy atom. The van der Waals surface area contributed by atoms with Crippen molar-refractivity contribution in [2.24, 2.45) is 4.99 Å². The van der Waals surface area contributed by atoms with Gasteiger partial charge in [-0.2, -0.15) is 0 Å². The number of rotatable bonds is 4. The third-order valence-electron chi connectivity index (χ3n) is 5.21. The van der Waals surface area contributed by atoms with Gasteiger partial charge in [0, 0.05) is 30.0 Å². The molecule has 1 atom stereocenters. The number of nitrogens with one attached hydrogen (secondary N) is 2. The number of carbonyl (C=O) groups is 1. The molecule has 0 radical (unpaired) electrons. The molecule has 2 aliphatic rings. The number of hydrogen-bond donors (Lipinski definition) is 2. The molecule has 2 aromatic rings. The molecule has 2 aromatic carbocycles. The van der Waals surface area contributed by atoms with Crippen LogP contribution in [0.2, 0.25) is 0 Å². The second-order valence-corrected chi connectivity index (χ2v) is 8.99. The summed E-state index contributed by atoms with van der Waals surface area (Å²) in [6.45, 7) is 6.69. The number of fused-ring (bicyclic) bond motifs is 1. The molecule has 2 N–H and O–H groups in total. The molecule has 1 amide bonds. The van der Waals surface area contributed by atoms with Crippen molar-refractivity contribution in [3.63, 3.8) is 0 Å². The Bertz CT molecular complexity index is 1110. The quantitative estimate of drug-likeness (QED) is 0.775. The maximum atomic E-state index is 12.7. The van der Waals surface area contributed by atoms with Gasteiger partial charge in [-0.05, 0) is 49.7 Å². The van der Waals surface area contributed by atoms with Gasteiger partial charge in [0.1, 0.15) is 11.9 Å². The van der Waals surface area contributed by atoms with Gasteiger partial charge in [-0.15, -0.1) is 0 Å². The zero-order valence-corrected chi connectivity index (χ0v) is 17.7. The first-order valence-electron chi connectivity index (χ1n) is 9.79. The smallest absolute Gasteiger partial charge is 0.263 e. The minimum atomic E-state index is -3.63. The molecule has 0 saturated carbocycles. The summed E-state index contributed by atoms with van der Waals surface area (Å²) >= 11 is 0. The summed E-state index contributed by atoms with van der Waals surface area (Å²) < 4.78 is 32.2. The van der Waals surface area contributed by atoms with E-state index in [1.54, 1.807) is 25.1 Å². The number of sulfonamides is 1. The van der Waals surface area contributed by atoms with Crippen LogP contribution in [0.4, 0.5) is 11.4 Å². The Balaban J connectivity index is 1.48. The second kappa shape index (κ2) is 8.08. The number of amides is 1. The molecular weight excluding hydrogens is 404 g/mol. The van der Waals surface area contributed by atoms with Crippen molar-refractivity contribution in [3.05, 3.63) is 53.6 Å². The van der Waals surface area contributed by atoms with E-state index in [1.807, 2.05) is 25.1 Å². The number of nitrogens with zero attached hydrogens (tertiary/aromatic N) is 2. The molecule has 0 aliphatic carbocycles. The lowest BCUT2D eigenvalue weighted by Gasteiger charge is -2.29. The van der Waals surface area contributed by atoms with Crippen molar-refractivity contribution in [1.29, 1.82) is 0 Å². The minimum Gasteiger partial charge on any atom is -0.378 e. The van der Waals surface area contributed by atoms with Gasteiger partial charge in [0.2, 0.25) is 5.91 Å². The summed E-state index contributed by atoms with van der Waals surface area (Å²) in [6, 6.07) is 11.7. The average molecular weight is 429 g/mol. The predicted molar refractivity (Wildman–Crippen MR) is 116 cm³/mol. The largest absolute Gasteiger partial charge is 0.378 e. The fourth-order valence-electron chi connectivity index (χ4n) is 3.53. The molecule has 0 bridgehead atoms. The molecular formula is C21H24N4O4S. The van der Waals surface area contributed by atoms with Crippen LogP contribution in [-0.4, -0.2) is 52.5 Å². The van der Waals surface area contributed by atoms with E-state index >= 15 is 0 Å². The fourth-order valence-corrected chi connectivity index (χ4v) is 4.76. The van der Waals surface area contributed by atoms with E-state index in [1.165, 1.54) is 6.07 Å². The van der Waals surface area contributed by atoms with Crippen LogP contribution < -0.4 is 14.9 Å². The van der Waals surface area contributed by atoms with Crippen molar-refractivity contribution in [1.82, 2.24) is 4.72 Å². The Hall–Kier alpha value is -2.91. The van der Waals surface area contributed by atoms with E-state index in [0.29, 0.717) is 24.5 Å². The molecule has 0 unspecified atom stereocenters. The number of amidine groups is 1. The zero-order valence-electron chi connectivity index (χ0n) is 16.9. The van der Waals surface area contributed by atoms with Gasteiger partial charge in [-0.3, -0.25) is 14.5 Å². The monoisotopic (exact) mass is 428 g/mol. The van der Waals surface area contributed by atoms with E-state index in [0.717, 1.165) is 24.3 Å². The zero-order chi connectivity index (χ0) is 21.3. The third-order valence-corrected chi connectivity index (χ3v) is 6.61. The molecule has 8 nitrogen and oxygen atoms in total. The van der Waals surface area contributed by atoms with Gasteiger partial charge in [0.05, 0.1) is 18.1 Å². The summed E-state index contributed by atoms with van der Waals surface area (Å²) in [4.78, 5) is 19.4. The average Bonchev–Trinajstić information content (AvgIpc) is 3.00. The van der Waals surface area contributed by atoms with Gasteiger partial charge in [-0.25, -0.2) is 8.42 Å². The molecule has 158 valence electrons. The number of aliphatic imine (C=N–C) groups is 1. The lowest BCUT2D eigenvalue weighted by atomic mass is 10.1. The fraction of sp³-hybridized carbons (Fsp3) is 0.333. The van der Waals surface area contributed by atoms with Crippen LogP contribution >= 0.6 is 0 Å². The first kappa shape index (κ1) is 20.4. The molecule has 9 heteroatoms. The van der Waals surface area contributed by atoms with Crippen molar-refractivity contribution in [2.75, 3.05) is 36.5 Å². The van der Waals surface area contributed by atoms with E-state index in [4.69, 9.17) is 4.74 Å². The highest BCUT2D eigenvalue weighted by Crippen LogP contribution is 2.25. The molecule has 0 spiro atoms. The maximum absolute atomic E-state index is 12.7. The van der Waals surface area contributed by atoms with Crippen molar-refractivity contribution in [2.45, 2.75) is 24.8 Å². The van der Waals surface area contributed by atoms with E-state index in [-0.39, 0.29) is 16.6 Å². The van der Waals surface area contributed by atoms with Crippen LogP contribution in [0.3, 0.4) is 0 Å². The Morgan fingerprint density at radius 1 is 1.20 bits per heavy atom. The maximum Gasteiger partial charge on any atom is 0.263 e. The highest BCUT2D eigenvalue weighted by Gasteiger charge is 2.31. The van der Waals surface area contributed by atoms with Gasteiger partial charge in [-0.1, -0.05) is 12.1 Å². The van der Waals surface area contributed by atoms with Gasteiger partial charge in [0.15, 0.2) is 0 Å². The number of anilines is 2. The van der Waals surface area contributed by atoms with Crippen LogP contribution in [-0.2, 0) is 19.6 Å².